The summed E-state index contributed by atoms with van der Waals surface area (Å²) in [5, 5.41) is 4.51. The molecule has 2 aliphatic rings. The topological polar surface area (TPSA) is 58.4 Å². The first kappa shape index (κ1) is 21.5. The number of rotatable bonds is 3. The van der Waals surface area contributed by atoms with Crippen LogP contribution >= 0.6 is 0 Å². The van der Waals surface area contributed by atoms with Gasteiger partial charge in [-0.25, -0.2) is 8.78 Å². The maximum absolute atomic E-state index is 14.6. The van der Waals surface area contributed by atoms with Crippen LogP contribution in [0.4, 0.5) is 8.78 Å². The molecule has 0 N–H and O–H groups in total. The molecule has 0 bridgehead atoms. The summed E-state index contributed by atoms with van der Waals surface area (Å²) in [6.07, 6.45) is 4.74. The van der Waals surface area contributed by atoms with Crippen LogP contribution in [-0.2, 0) is 10.3 Å². The second-order valence-corrected chi connectivity index (χ2v) is 9.37. The standard InChI is InChI=1S/C23H28F2N4O2/c1-23(2,3)29-14-18(21(26-29)17-9-8-15(24)12-19(17)25)22(31)27-10-4-6-16(13-27)28-11-5-7-20(28)30/h8-9,12,14,16H,4-7,10-11,13H2,1-3H3. The second kappa shape index (κ2) is 8.05. The van der Waals surface area contributed by atoms with Gasteiger partial charge in [0, 0.05) is 49.9 Å². The van der Waals surface area contributed by atoms with E-state index in [9.17, 15) is 18.4 Å². The van der Waals surface area contributed by atoms with E-state index in [1.165, 1.54) is 12.1 Å². The molecule has 0 saturated carbocycles. The molecule has 166 valence electrons. The fourth-order valence-electron chi connectivity index (χ4n) is 4.37. The summed E-state index contributed by atoms with van der Waals surface area (Å²) in [7, 11) is 0. The number of carbonyl (C=O) groups is 2. The van der Waals surface area contributed by atoms with Gasteiger partial charge >= 0.3 is 0 Å². The third-order valence-corrected chi connectivity index (χ3v) is 6.05. The zero-order valence-electron chi connectivity index (χ0n) is 18.2. The molecule has 8 heteroatoms. The summed E-state index contributed by atoms with van der Waals surface area (Å²) in [5.41, 5.74) is 0.164. The molecule has 31 heavy (non-hydrogen) atoms. The number of hydrogen-bond donors (Lipinski definition) is 0. The molecular formula is C23H28F2N4O2. The van der Waals surface area contributed by atoms with E-state index >= 15 is 0 Å². The molecule has 0 spiro atoms. The molecule has 2 aliphatic heterocycles. The molecule has 1 aromatic carbocycles. The van der Waals surface area contributed by atoms with E-state index in [0.717, 1.165) is 31.9 Å². The summed E-state index contributed by atoms with van der Waals surface area (Å²) in [6.45, 7) is 7.58. The Balaban J connectivity index is 1.68. The highest BCUT2D eigenvalue weighted by Gasteiger charge is 2.35. The zero-order chi connectivity index (χ0) is 22.3. The van der Waals surface area contributed by atoms with Crippen LogP contribution in [0.25, 0.3) is 11.3 Å². The number of benzene rings is 1. The van der Waals surface area contributed by atoms with Gasteiger partial charge in [-0.05, 0) is 52.2 Å². The van der Waals surface area contributed by atoms with E-state index in [0.29, 0.717) is 19.5 Å². The average Bonchev–Trinajstić information content (AvgIpc) is 3.34. The molecule has 2 amide bonds. The monoisotopic (exact) mass is 430 g/mol. The Morgan fingerprint density at radius 2 is 1.94 bits per heavy atom. The van der Waals surface area contributed by atoms with Gasteiger partial charge in [-0.2, -0.15) is 5.10 Å². The van der Waals surface area contributed by atoms with Gasteiger partial charge in [-0.15, -0.1) is 0 Å². The number of halogens is 2. The van der Waals surface area contributed by atoms with E-state index in [2.05, 4.69) is 5.10 Å². The van der Waals surface area contributed by atoms with Crippen molar-refractivity contribution in [1.29, 1.82) is 0 Å². The molecular weight excluding hydrogens is 402 g/mol. The number of aromatic nitrogens is 2. The van der Waals surface area contributed by atoms with Crippen molar-refractivity contribution in [2.24, 2.45) is 0 Å². The minimum atomic E-state index is -0.757. The smallest absolute Gasteiger partial charge is 0.257 e. The number of amides is 2. The van der Waals surface area contributed by atoms with E-state index in [-0.39, 0.29) is 34.7 Å². The van der Waals surface area contributed by atoms with Gasteiger partial charge in [0.2, 0.25) is 5.91 Å². The Morgan fingerprint density at radius 1 is 1.16 bits per heavy atom. The van der Waals surface area contributed by atoms with Crippen molar-refractivity contribution in [2.75, 3.05) is 19.6 Å². The van der Waals surface area contributed by atoms with E-state index < -0.39 is 17.2 Å². The summed E-state index contributed by atoms with van der Waals surface area (Å²) in [6, 6.07) is 3.30. The Morgan fingerprint density at radius 3 is 2.58 bits per heavy atom. The molecule has 1 aromatic heterocycles. The SMILES string of the molecule is CC(C)(C)n1cc(C(=O)N2CCCC(N3CCCC3=O)C2)c(-c2ccc(F)cc2F)n1. The summed E-state index contributed by atoms with van der Waals surface area (Å²) in [5.74, 6) is -1.54. The van der Waals surface area contributed by atoms with Crippen molar-refractivity contribution in [3.05, 3.63) is 41.6 Å². The number of carbonyl (C=O) groups excluding carboxylic acids is 2. The van der Waals surface area contributed by atoms with Crippen LogP contribution in [0.3, 0.4) is 0 Å². The predicted molar refractivity (Wildman–Crippen MR) is 112 cm³/mol. The highest BCUT2D eigenvalue weighted by atomic mass is 19.1. The minimum Gasteiger partial charge on any atom is -0.338 e. The van der Waals surface area contributed by atoms with Gasteiger partial charge in [-0.1, -0.05) is 0 Å². The normalized spacial score (nSPS) is 19.9. The number of piperidine rings is 1. The van der Waals surface area contributed by atoms with Crippen molar-refractivity contribution in [3.8, 4) is 11.3 Å². The summed E-state index contributed by atoms with van der Waals surface area (Å²) in [4.78, 5) is 29.3. The van der Waals surface area contributed by atoms with Gasteiger partial charge in [0.25, 0.3) is 5.91 Å². The van der Waals surface area contributed by atoms with Crippen molar-refractivity contribution in [1.82, 2.24) is 19.6 Å². The first-order chi connectivity index (χ1) is 14.6. The third-order valence-electron chi connectivity index (χ3n) is 6.05. The summed E-state index contributed by atoms with van der Waals surface area (Å²) < 4.78 is 29.7. The van der Waals surface area contributed by atoms with Gasteiger partial charge in [0.05, 0.1) is 11.1 Å². The molecule has 0 radical (unpaired) electrons. The van der Waals surface area contributed by atoms with Gasteiger partial charge in [0.1, 0.15) is 17.3 Å². The lowest BCUT2D eigenvalue weighted by molar-refractivity contribution is -0.130. The average molecular weight is 430 g/mol. The molecule has 1 unspecified atom stereocenters. The lowest BCUT2D eigenvalue weighted by atomic mass is 10.0. The van der Waals surface area contributed by atoms with E-state index in [4.69, 9.17) is 0 Å². The Kier molecular flexibility index (Phi) is 5.58. The van der Waals surface area contributed by atoms with Crippen LogP contribution < -0.4 is 0 Å². The van der Waals surface area contributed by atoms with Crippen LogP contribution in [0.1, 0.15) is 56.8 Å². The molecule has 1 atom stereocenters. The summed E-state index contributed by atoms with van der Waals surface area (Å²) >= 11 is 0. The van der Waals surface area contributed by atoms with Gasteiger partial charge in [-0.3, -0.25) is 14.3 Å². The highest BCUT2D eigenvalue weighted by molar-refractivity contribution is 6.00. The van der Waals surface area contributed by atoms with Crippen LogP contribution in [0.15, 0.2) is 24.4 Å². The predicted octanol–water partition coefficient (Wildman–Crippen LogP) is 3.81. The molecule has 3 heterocycles. The first-order valence-corrected chi connectivity index (χ1v) is 10.8. The van der Waals surface area contributed by atoms with E-state index in [1.807, 2.05) is 25.7 Å². The van der Waals surface area contributed by atoms with Crippen molar-refractivity contribution >= 4 is 11.8 Å². The third kappa shape index (κ3) is 4.20. The van der Waals surface area contributed by atoms with Crippen molar-refractivity contribution in [2.45, 2.75) is 58.0 Å². The fraction of sp³-hybridized carbons (Fsp3) is 0.522. The lowest BCUT2D eigenvalue weighted by Crippen LogP contribution is -2.50. The van der Waals surface area contributed by atoms with Crippen LogP contribution in [0, 0.1) is 11.6 Å². The first-order valence-electron chi connectivity index (χ1n) is 10.8. The molecule has 2 saturated heterocycles. The Hall–Kier alpha value is -2.77. The second-order valence-electron chi connectivity index (χ2n) is 9.37. The molecule has 4 rings (SSSR count). The molecule has 6 nitrogen and oxygen atoms in total. The minimum absolute atomic E-state index is 0.0105. The maximum atomic E-state index is 14.6. The molecule has 2 fully saturated rings. The van der Waals surface area contributed by atoms with Crippen LogP contribution in [0.2, 0.25) is 0 Å². The number of nitrogens with zero attached hydrogens (tertiary/aromatic N) is 4. The van der Waals surface area contributed by atoms with Crippen molar-refractivity contribution in [3.63, 3.8) is 0 Å². The van der Waals surface area contributed by atoms with Crippen molar-refractivity contribution < 1.29 is 18.4 Å². The number of likely N-dealkylation sites (tertiary alicyclic amines) is 2. The maximum Gasteiger partial charge on any atom is 0.257 e. The molecule has 2 aromatic rings. The highest BCUT2D eigenvalue weighted by Crippen LogP contribution is 2.30. The Labute approximate surface area is 180 Å². The lowest BCUT2D eigenvalue weighted by Gasteiger charge is -2.37. The van der Waals surface area contributed by atoms with E-state index in [1.54, 1.807) is 15.8 Å². The largest absolute Gasteiger partial charge is 0.338 e. The number of hydrogen-bond acceptors (Lipinski definition) is 3. The van der Waals surface area contributed by atoms with Gasteiger partial charge in [0.15, 0.2) is 0 Å². The van der Waals surface area contributed by atoms with Gasteiger partial charge < -0.3 is 9.80 Å². The molecule has 0 aliphatic carbocycles. The quantitative estimate of drug-likeness (QED) is 0.744. The zero-order valence-corrected chi connectivity index (χ0v) is 18.2. The Bertz CT molecular complexity index is 1010. The van der Waals surface area contributed by atoms with Crippen LogP contribution in [0.5, 0.6) is 0 Å². The fourth-order valence-corrected chi connectivity index (χ4v) is 4.37. The van der Waals surface area contributed by atoms with Crippen LogP contribution in [-0.4, -0.2) is 57.1 Å².